The molecule has 4 heteroatoms. The number of hydrogen-bond donors (Lipinski definition) is 1. The van der Waals surface area contributed by atoms with E-state index in [0.717, 1.165) is 18.5 Å². The smallest absolute Gasteiger partial charge is 0.138 e. The molecule has 0 radical (unpaired) electrons. The van der Waals surface area contributed by atoms with Crippen molar-refractivity contribution < 1.29 is 0 Å². The van der Waals surface area contributed by atoms with E-state index >= 15 is 0 Å². The monoisotopic (exact) mass is 216 g/mol. The van der Waals surface area contributed by atoms with Gasteiger partial charge in [0.2, 0.25) is 0 Å². The first kappa shape index (κ1) is 10.8. The quantitative estimate of drug-likeness (QED) is 0.843. The first-order valence-corrected chi connectivity index (χ1v) is 5.49. The maximum atomic E-state index is 5.94. The van der Waals surface area contributed by atoms with Crippen molar-refractivity contribution in [2.75, 3.05) is 0 Å². The van der Waals surface area contributed by atoms with Crippen LogP contribution in [0.25, 0.3) is 5.69 Å². The Kier molecular flexibility index (Phi) is 3.31. The van der Waals surface area contributed by atoms with Gasteiger partial charge in [-0.15, -0.1) is 0 Å². The lowest BCUT2D eigenvalue weighted by Crippen LogP contribution is -2.21. The normalized spacial score (nSPS) is 12.6. The van der Waals surface area contributed by atoms with Crippen molar-refractivity contribution in [1.29, 1.82) is 0 Å². The van der Waals surface area contributed by atoms with E-state index in [4.69, 9.17) is 5.73 Å². The summed E-state index contributed by atoms with van der Waals surface area (Å²) in [6, 6.07) is 8.45. The van der Waals surface area contributed by atoms with Gasteiger partial charge >= 0.3 is 0 Å². The molecule has 1 unspecified atom stereocenters. The van der Waals surface area contributed by atoms with Gasteiger partial charge in [0.25, 0.3) is 0 Å². The fraction of sp³-hybridized carbons (Fsp3) is 0.333. The first-order chi connectivity index (χ1) is 7.79. The largest absolute Gasteiger partial charge is 0.327 e. The number of nitrogens with zero attached hydrogens (tertiary/aromatic N) is 3. The summed E-state index contributed by atoms with van der Waals surface area (Å²) in [7, 11) is 0. The predicted octanol–water partition coefficient (Wildman–Crippen LogP) is 1.55. The molecule has 2 rings (SSSR count). The van der Waals surface area contributed by atoms with Crippen LogP contribution in [-0.2, 0) is 6.42 Å². The summed E-state index contributed by atoms with van der Waals surface area (Å²) in [4.78, 5) is 3.93. The molecule has 0 aliphatic carbocycles. The maximum Gasteiger partial charge on any atom is 0.138 e. The summed E-state index contributed by atoms with van der Waals surface area (Å²) in [5.74, 6) is 0. The van der Waals surface area contributed by atoms with Crippen LogP contribution in [0.3, 0.4) is 0 Å². The zero-order valence-electron chi connectivity index (χ0n) is 9.37. The van der Waals surface area contributed by atoms with E-state index in [9.17, 15) is 0 Å². The van der Waals surface area contributed by atoms with Gasteiger partial charge in [-0.3, -0.25) is 0 Å². The molecule has 2 aromatic rings. The molecular formula is C12H16N4. The molecule has 84 valence electrons. The lowest BCUT2D eigenvalue weighted by molar-refractivity contribution is 0.646. The second-order valence-electron chi connectivity index (χ2n) is 3.88. The second kappa shape index (κ2) is 4.90. The van der Waals surface area contributed by atoms with Gasteiger partial charge in [0.15, 0.2) is 0 Å². The molecule has 0 saturated heterocycles. The minimum absolute atomic E-state index is 0.228. The van der Waals surface area contributed by atoms with Crippen molar-refractivity contribution in [3.05, 3.63) is 42.5 Å². The summed E-state index contributed by atoms with van der Waals surface area (Å²) < 4.78 is 1.75. The Morgan fingerprint density at radius 1 is 1.44 bits per heavy atom. The van der Waals surface area contributed by atoms with Crippen LogP contribution in [0.15, 0.2) is 36.9 Å². The summed E-state index contributed by atoms with van der Waals surface area (Å²) in [5.41, 5.74) is 8.20. The molecule has 0 fully saturated rings. The zero-order chi connectivity index (χ0) is 11.4. The van der Waals surface area contributed by atoms with Crippen LogP contribution in [-0.4, -0.2) is 20.8 Å². The number of aromatic nitrogens is 3. The molecule has 0 bridgehead atoms. The van der Waals surface area contributed by atoms with Crippen LogP contribution in [0.5, 0.6) is 0 Å². The molecule has 0 aliphatic rings. The highest BCUT2D eigenvalue weighted by Crippen LogP contribution is 2.11. The molecule has 0 spiro atoms. The van der Waals surface area contributed by atoms with Crippen molar-refractivity contribution in [2.45, 2.75) is 25.8 Å². The van der Waals surface area contributed by atoms with Gasteiger partial charge in [-0.25, -0.2) is 9.67 Å². The molecule has 0 saturated carbocycles. The molecule has 4 nitrogen and oxygen atoms in total. The highest BCUT2D eigenvalue weighted by Gasteiger charge is 2.03. The highest BCUT2D eigenvalue weighted by atomic mass is 15.3. The molecular weight excluding hydrogens is 200 g/mol. The third-order valence-corrected chi connectivity index (χ3v) is 2.62. The standard InChI is InChI=1S/C12H16N4/c1-2-11(13)6-10-4-3-5-12(7-10)16-9-14-8-15-16/h3-5,7-9,11H,2,6,13H2,1H3. The highest BCUT2D eigenvalue weighted by molar-refractivity contribution is 5.34. The van der Waals surface area contributed by atoms with E-state index in [-0.39, 0.29) is 6.04 Å². The van der Waals surface area contributed by atoms with E-state index in [1.807, 2.05) is 12.1 Å². The molecule has 2 N–H and O–H groups in total. The van der Waals surface area contributed by atoms with Crippen LogP contribution in [0.4, 0.5) is 0 Å². The number of benzene rings is 1. The lowest BCUT2D eigenvalue weighted by Gasteiger charge is -2.09. The molecule has 1 heterocycles. The Bertz CT molecular complexity index is 436. The summed E-state index contributed by atoms with van der Waals surface area (Å²) in [6.45, 7) is 2.10. The van der Waals surface area contributed by atoms with E-state index in [1.165, 1.54) is 11.9 Å². The van der Waals surface area contributed by atoms with Crippen LogP contribution in [0.2, 0.25) is 0 Å². The molecule has 1 atom stereocenters. The van der Waals surface area contributed by atoms with Crippen LogP contribution in [0.1, 0.15) is 18.9 Å². The van der Waals surface area contributed by atoms with E-state index < -0.39 is 0 Å². The van der Waals surface area contributed by atoms with Crippen LogP contribution in [0, 0.1) is 0 Å². The number of rotatable bonds is 4. The lowest BCUT2D eigenvalue weighted by atomic mass is 10.0. The average Bonchev–Trinajstić information content (AvgIpc) is 2.83. The fourth-order valence-electron chi connectivity index (χ4n) is 1.61. The molecule has 16 heavy (non-hydrogen) atoms. The van der Waals surface area contributed by atoms with Crippen molar-refractivity contribution in [3.8, 4) is 5.69 Å². The van der Waals surface area contributed by atoms with E-state index in [0.29, 0.717) is 0 Å². The Morgan fingerprint density at radius 2 is 2.31 bits per heavy atom. The van der Waals surface area contributed by atoms with Gasteiger partial charge in [-0.05, 0) is 30.5 Å². The van der Waals surface area contributed by atoms with Crippen LogP contribution >= 0.6 is 0 Å². The van der Waals surface area contributed by atoms with Crippen molar-refractivity contribution in [2.24, 2.45) is 5.73 Å². The average molecular weight is 216 g/mol. The second-order valence-corrected chi connectivity index (χ2v) is 3.88. The Balaban J connectivity index is 2.20. The summed E-state index contributed by atoms with van der Waals surface area (Å²) in [5, 5.41) is 4.10. The topological polar surface area (TPSA) is 56.7 Å². The fourth-order valence-corrected chi connectivity index (χ4v) is 1.61. The van der Waals surface area contributed by atoms with Crippen molar-refractivity contribution in [1.82, 2.24) is 14.8 Å². The first-order valence-electron chi connectivity index (χ1n) is 5.49. The predicted molar refractivity (Wildman–Crippen MR) is 63.3 cm³/mol. The Labute approximate surface area is 95.1 Å². The summed E-state index contributed by atoms with van der Waals surface area (Å²) in [6.07, 6.45) is 5.12. The molecule has 1 aromatic heterocycles. The minimum Gasteiger partial charge on any atom is -0.327 e. The molecule has 0 amide bonds. The molecule has 1 aromatic carbocycles. The van der Waals surface area contributed by atoms with Crippen molar-refractivity contribution in [3.63, 3.8) is 0 Å². The van der Waals surface area contributed by atoms with Gasteiger partial charge in [0.1, 0.15) is 12.7 Å². The van der Waals surface area contributed by atoms with Gasteiger partial charge in [0, 0.05) is 6.04 Å². The van der Waals surface area contributed by atoms with Gasteiger partial charge in [0.05, 0.1) is 5.69 Å². The summed E-state index contributed by atoms with van der Waals surface area (Å²) >= 11 is 0. The zero-order valence-corrected chi connectivity index (χ0v) is 9.37. The number of nitrogens with two attached hydrogens (primary N) is 1. The maximum absolute atomic E-state index is 5.94. The Morgan fingerprint density at radius 3 is 3.00 bits per heavy atom. The van der Waals surface area contributed by atoms with Gasteiger partial charge in [-0.1, -0.05) is 19.1 Å². The van der Waals surface area contributed by atoms with Crippen molar-refractivity contribution >= 4 is 0 Å². The third-order valence-electron chi connectivity index (χ3n) is 2.62. The van der Waals surface area contributed by atoms with Gasteiger partial charge in [-0.2, -0.15) is 5.10 Å². The van der Waals surface area contributed by atoms with Crippen LogP contribution < -0.4 is 5.73 Å². The minimum atomic E-state index is 0.228. The van der Waals surface area contributed by atoms with E-state index in [2.05, 4.69) is 29.1 Å². The van der Waals surface area contributed by atoms with E-state index in [1.54, 1.807) is 11.0 Å². The number of hydrogen-bond acceptors (Lipinski definition) is 3. The third kappa shape index (κ3) is 2.46. The SMILES string of the molecule is CCC(N)Cc1cccc(-n2cncn2)c1. The Hall–Kier alpha value is -1.68. The van der Waals surface area contributed by atoms with Gasteiger partial charge < -0.3 is 5.73 Å². The molecule has 0 aliphatic heterocycles.